The van der Waals surface area contributed by atoms with Gasteiger partial charge in [0.15, 0.2) is 0 Å². The van der Waals surface area contributed by atoms with Crippen molar-refractivity contribution in [2.75, 3.05) is 18.4 Å². The number of sulfonamides is 1. The smallest absolute Gasteiger partial charge is 0.241 e. The monoisotopic (exact) mass is 328 g/mol. The molecule has 0 radical (unpaired) electrons. The average molecular weight is 328 g/mol. The Morgan fingerprint density at radius 3 is 2.59 bits per heavy atom. The van der Waals surface area contributed by atoms with E-state index in [0.29, 0.717) is 18.0 Å². The van der Waals surface area contributed by atoms with Crippen LogP contribution in [0.2, 0.25) is 0 Å². The van der Waals surface area contributed by atoms with Crippen LogP contribution in [-0.4, -0.2) is 33.5 Å². The minimum Gasteiger partial charge on any atom is -0.329 e. The Labute approximate surface area is 131 Å². The van der Waals surface area contributed by atoms with Crippen LogP contribution in [0.5, 0.6) is 0 Å². The summed E-state index contributed by atoms with van der Waals surface area (Å²) in [6, 6.07) is 5.37. The van der Waals surface area contributed by atoms with Gasteiger partial charge in [-0.05, 0) is 30.5 Å². The minimum atomic E-state index is -3.63. The number of benzene rings is 1. The summed E-state index contributed by atoms with van der Waals surface area (Å²) < 4.78 is 26.4. The van der Waals surface area contributed by atoms with Crippen molar-refractivity contribution >= 4 is 21.6 Å². The highest BCUT2D eigenvalue weighted by Crippen LogP contribution is 2.16. The Hall–Kier alpha value is -1.48. The Bertz CT molecular complexity index is 602. The van der Waals surface area contributed by atoms with Gasteiger partial charge in [-0.3, -0.25) is 4.79 Å². The van der Waals surface area contributed by atoms with Gasteiger partial charge in [-0.25, -0.2) is 13.1 Å². The molecule has 0 aliphatic carbocycles. The van der Waals surface area contributed by atoms with Gasteiger partial charge < -0.3 is 16.8 Å². The highest BCUT2D eigenvalue weighted by Gasteiger charge is 2.17. The van der Waals surface area contributed by atoms with E-state index < -0.39 is 16.1 Å². The molecule has 0 unspecified atom stereocenters. The molecule has 8 heteroatoms. The van der Waals surface area contributed by atoms with E-state index in [1.54, 1.807) is 12.1 Å². The molecule has 0 saturated carbocycles. The van der Waals surface area contributed by atoms with Crippen molar-refractivity contribution in [3.8, 4) is 0 Å². The van der Waals surface area contributed by atoms with Gasteiger partial charge in [0, 0.05) is 18.8 Å². The lowest BCUT2D eigenvalue weighted by molar-refractivity contribution is -0.117. The summed E-state index contributed by atoms with van der Waals surface area (Å²) in [6.45, 7) is 4.31. The Morgan fingerprint density at radius 1 is 1.32 bits per heavy atom. The maximum absolute atomic E-state index is 12.0. The van der Waals surface area contributed by atoms with Crippen molar-refractivity contribution in [3.63, 3.8) is 0 Å². The first-order chi connectivity index (χ1) is 10.3. The van der Waals surface area contributed by atoms with E-state index in [2.05, 4.69) is 10.0 Å². The van der Waals surface area contributed by atoms with Crippen molar-refractivity contribution < 1.29 is 13.2 Å². The van der Waals surface area contributed by atoms with Gasteiger partial charge in [-0.2, -0.15) is 0 Å². The third kappa shape index (κ3) is 5.72. The third-order valence-corrected chi connectivity index (χ3v) is 4.37. The molecule has 22 heavy (non-hydrogen) atoms. The fraction of sp³-hybridized carbons (Fsp3) is 0.500. The standard InChI is InChI=1S/C14H24N4O3S/c1-10(2)8-13(16)14(19)18-11-4-3-5-12(9-11)22(20,21)17-7-6-15/h3-5,9-10,13,17H,6-8,15-16H2,1-2H3,(H,18,19)/t13-/m0/s1. The molecule has 0 bridgehead atoms. The number of nitrogens with one attached hydrogen (secondary N) is 2. The number of anilines is 1. The SMILES string of the molecule is CC(C)C[C@H](N)C(=O)Nc1cccc(S(=O)(=O)NCCN)c1. The van der Waals surface area contributed by atoms with Crippen LogP contribution in [0.25, 0.3) is 0 Å². The van der Waals surface area contributed by atoms with Crippen molar-refractivity contribution in [3.05, 3.63) is 24.3 Å². The van der Waals surface area contributed by atoms with Gasteiger partial charge in [0.05, 0.1) is 10.9 Å². The van der Waals surface area contributed by atoms with Gasteiger partial charge in [0.2, 0.25) is 15.9 Å². The summed E-state index contributed by atoms with van der Waals surface area (Å²) in [5.41, 5.74) is 11.5. The predicted molar refractivity (Wildman–Crippen MR) is 86.7 cm³/mol. The van der Waals surface area contributed by atoms with Crippen molar-refractivity contribution in [1.29, 1.82) is 0 Å². The molecule has 124 valence electrons. The Morgan fingerprint density at radius 2 is 2.00 bits per heavy atom. The summed E-state index contributed by atoms with van der Waals surface area (Å²) in [5, 5.41) is 2.63. The van der Waals surface area contributed by atoms with Crippen LogP contribution < -0.4 is 21.5 Å². The van der Waals surface area contributed by atoms with E-state index in [-0.39, 0.29) is 23.9 Å². The summed E-state index contributed by atoms with van der Waals surface area (Å²) in [6.07, 6.45) is 0.557. The molecule has 0 aromatic heterocycles. The van der Waals surface area contributed by atoms with Crippen LogP contribution in [0, 0.1) is 5.92 Å². The summed E-state index contributed by atoms with van der Waals surface area (Å²) in [7, 11) is -3.63. The van der Waals surface area contributed by atoms with Crippen LogP contribution in [0.3, 0.4) is 0 Å². The average Bonchev–Trinajstić information content (AvgIpc) is 2.44. The van der Waals surface area contributed by atoms with Gasteiger partial charge in [-0.1, -0.05) is 19.9 Å². The van der Waals surface area contributed by atoms with E-state index in [1.807, 2.05) is 13.8 Å². The summed E-state index contributed by atoms with van der Waals surface area (Å²) in [5.74, 6) is -0.0360. The van der Waals surface area contributed by atoms with Crippen LogP contribution in [0.4, 0.5) is 5.69 Å². The lowest BCUT2D eigenvalue weighted by Crippen LogP contribution is -2.36. The van der Waals surface area contributed by atoms with Crippen LogP contribution in [-0.2, 0) is 14.8 Å². The van der Waals surface area contributed by atoms with E-state index in [9.17, 15) is 13.2 Å². The van der Waals surface area contributed by atoms with Gasteiger partial charge in [0.25, 0.3) is 0 Å². The fourth-order valence-electron chi connectivity index (χ4n) is 1.87. The minimum absolute atomic E-state index is 0.0659. The van der Waals surface area contributed by atoms with Crippen LogP contribution in [0.1, 0.15) is 20.3 Å². The molecule has 1 atom stereocenters. The largest absolute Gasteiger partial charge is 0.329 e. The first-order valence-electron chi connectivity index (χ1n) is 7.12. The van der Waals surface area contributed by atoms with Gasteiger partial charge >= 0.3 is 0 Å². The number of hydrogen-bond acceptors (Lipinski definition) is 5. The molecule has 7 nitrogen and oxygen atoms in total. The van der Waals surface area contributed by atoms with Crippen molar-refractivity contribution in [1.82, 2.24) is 4.72 Å². The second kappa shape index (κ2) is 8.23. The van der Waals surface area contributed by atoms with Gasteiger partial charge in [0.1, 0.15) is 0 Å². The van der Waals surface area contributed by atoms with E-state index in [0.717, 1.165) is 0 Å². The summed E-state index contributed by atoms with van der Waals surface area (Å²) in [4.78, 5) is 12.0. The maximum Gasteiger partial charge on any atom is 0.241 e. The van der Waals surface area contributed by atoms with Crippen molar-refractivity contribution in [2.24, 2.45) is 17.4 Å². The first-order valence-corrected chi connectivity index (χ1v) is 8.61. The number of amides is 1. The van der Waals surface area contributed by atoms with E-state index in [4.69, 9.17) is 11.5 Å². The molecule has 0 fully saturated rings. The molecule has 0 saturated heterocycles. The molecule has 6 N–H and O–H groups in total. The molecule has 0 spiro atoms. The second-order valence-corrected chi connectivity index (χ2v) is 7.21. The Kier molecular flexibility index (Phi) is 6.95. The van der Waals surface area contributed by atoms with E-state index in [1.165, 1.54) is 12.1 Å². The second-order valence-electron chi connectivity index (χ2n) is 5.44. The quantitative estimate of drug-likeness (QED) is 0.543. The first kappa shape index (κ1) is 18.6. The molecule has 0 aliphatic heterocycles. The lowest BCUT2D eigenvalue weighted by Gasteiger charge is -2.14. The predicted octanol–water partition coefficient (Wildman–Crippen LogP) is 0.236. The molecular weight excluding hydrogens is 304 g/mol. The lowest BCUT2D eigenvalue weighted by atomic mass is 10.0. The number of carbonyl (C=O) groups is 1. The zero-order chi connectivity index (χ0) is 16.8. The highest BCUT2D eigenvalue weighted by atomic mass is 32.2. The topological polar surface area (TPSA) is 127 Å². The maximum atomic E-state index is 12.0. The molecule has 1 amide bonds. The van der Waals surface area contributed by atoms with Gasteiger partial charge in [-0.15, -0.1) is 0 Å². The third-order valence-electron chi connectivity index (χ3n) is 2.91. The zero-order valence-electron chi connectivity index (χ0n) is 12.9. The number of nitrogens with two attached hydrogens (primary N) is 2. The summed E-state index contributed by atoms with van der Waals surface area (Å²) >= 11 is 0. The molecular formula is C14H24N4O3S. The molecule has 1 aromatic rings. The zero-order valence-corrected chi connectivity index (χ0v) is 13.7. The number of rotatable bonds is 8. The van der Waals surface area contributed by atoms with E-state index >= 15 is 0 Å². The fourth-order valence-corrected chi connectivity index (χ4v) is 2.96. The van der Waals surface area contributed by atoms with Crippen molar-refractivity contribution in [2.45, 2.75) is 31.2 Å². The molecule has 1 aromatic carbocycles. The Balaban J connectivity index is 2.82. The highest BCUT2D eigenvalue weighted by molar-refractivity contribution is 7.89. The van der Waals surface area contributed by atoms with Crippen LogP contribution in [0.15, 0.2) is 29.2 Å². The number of carbonyl (C=O) groups excluding carboxylic acids is 1. The van der Waals surface area contributed by atoms with Crippen LogP contribution >= 0.6 is 0 Å². The molecule has 0 aliphatic rings. The molecule has 0 heterocycles. The normalized spacial score (nSPS) is 13.1. The molecule has 1 rings (SSSR count). The number of hydrogen-bond donors (Lipinski definition) is 4.